The first kappa shape index (κ1) is 32.0. The molecule has 0 atom stereocenters. The lowest BCUT2D eigenvalue weighted by Crippen LogP contribution is -2.59. The molecule has 1 N–H and O–H groups in total. The highest BCUT2D eigenvalue weighted by Gasteiger charge is 2.56. The van der Waals surface area contributed by atoms with E-state index in [1.54, 1.807) is 12.3 Å². The molecular weight excluding hydrogens is 631 g/mol. The van der Waals surface area contributed by atoms with E-state index < -0.39 is 11.2 Å². The molecule has 1 saturated carbocycles. The van der Waals surface area contributed by atoms with Gasteiger partial charge in [-0.05, 0) is 94.8 Å². The van der Waals surface area contributed by atoms with E-state index in [1.165, 1.54) is 12.6 Å². The molecule has 1 amide bonds. The molecule has 0 radical (unpaired) electrons. The van der Waals surface area contributed by atoms with Crippen LogP contribution in [0.2, 0.25) is 0 Å². The van der Waals surface area contributed by atoms with Gasteiger partial charge >= 0.3 is 0 Å². The zero-order valence-electron chi connectivity index (χ0n) is 29.5. The minimum absolute atomic E-state index is 0.132. The molecule has 10 nitrogen and oxygen atoms in total. The van der Waals surface area contributed by atoms with E-state index in [2.05, 4.69) is 75.5 Å². The Bertz CT molecular complexity index is 1960. The van der Waals surface area contributed by atoms with E-state index in [1.807, 2.05) is 12.4 Å². The zero-order valence-corrected chi connectivity index (χ0v) is 29.5. The highest BCUT2D eigenvalue weighted by molar-refractivity contribution is 6.09. The van der Waals surface area contributed by atoms with Crippen molar-refractivity contribution in [2.75, 3.05) is 49.6 Å². The molecule has 4 aliphatic heterocycles. The topological polar surface area (TPSA) is 91.7 Å². The second-order valence-electron chi connectivity index (χ2n) is 16.3. The maximum absolute atomic E-state index is 14.8. The third kappa shape index (κ3) is 5.14. The van der Waals surface area contributed by atoms with Crippen molar-refractivity contribution in [3.05, 3.63) is 60.4 Å². The number of hydrogen-bond donors (Lipinski definition) is 1. The Labute approximate surface area is 293 Å². The summed E-state index contributed by atoms with van der Waals surface area (Å²) >= 11 is 0. The van der Waals surface area contributed by atoms with Crippen molar-refractivity contribution in [1.29, 1.82) is 0 Å². The summed E-state index contributed by atoms with van der Waals surface area (Å²) in [7, 11) is 0. The molecule has 4 fully saturated rings. The molecule has 262 valence electrons. The molecule has 4 aromatic rings. The lowest BCUT2D eigenvalue weighted by atomic mass is 9.73. The summed E-state index contributed by atoms with van der Waals surface area (Å²) in [5.41, 5.74) is 5.57. The van der Waals surface area contributed by atoms with Crippen LogP contribution in [0.4, 0.5) is 21.6 Å². The van der Waals surface area contributed by atoms with Gasteiger partial charge in [-0.3, -0.25) is 19.6 Å². The number of amides is 1. The van der Waals surface area contributed by atoms with Crippen molar-refractivity contribution in [3.63, 3.8) is 0 Å². The summed E-state index contributed by atoms with van der Waals surface area (Å²) in [5, 5.41) is 3.25. The fourth-order valence-corrected chi connectivity index (χ4v) is 9.13. The first-order valence-corrected chi connectivity index (χ1v) is 18.4. The second-order valence-corrected chi connectivity index (χ2v) is 16.3. The molecular formula is C39H47FN8O2. The van der Waals surface area contributed by atoms with Crippen molar-refractivity contribution >= 4 is 34.1 Å². The standard InChI is InChI=1S/C39H47FN8O2/c1-24(2)47-23-42-33-18-32(44-36(35(33)47)43-31-7-11-41-19-30(31)40)25-5-6-29-34(15-25)48(27-16-26(17-27)46-12-8-38(3,4)22-46)37(49)39(29)9-13-45(14-10-39)28-20-50-21-28/h5-7,11,15,18-19,23-24,26-28H,8-10,12-14,16-17,20-22H2,1-4H3,(H,41,43,44)/t26-,27+. The number of anilines is 3. The van der Waals surface area contributed by atoms with Gasteiger partial charge in [-0.1, -0.05) is 26.0 Å². The first-order valence-electron chi connectivity index (χ1n) is 18.4. The number of piperidine rings is 1. The summed E-state index contributed by atoms with van der Waals surface area (Å²) in [6.45, 7) is 14.6. The highest BCUT2D eigenvalue weighted by Crippen LogP contribution is 2.52. The molecule has 50 heavy (non-hydrogen) atoms. The smallest absolute Gasteiger partial charge is 0.238 e. The predicted molar refractivity (Wildman–Crippen MR) is 192 cm³/mol. The number of carbonyl (C=O) groups is 1. The fraction of sp³-hybridized carbons (Fsp3) is 0.538. The number of carbonyl (C=O) groups excluding carboxylic acids is 1. The highest BCUT2D eigenvalue weighted by atomic mass is 19.1. The van der Waals surface area contributed by atoms with Gasteiger partial charge in [0.25, 0.3) is 0 Å². The number of ether oxygens (including phenoxy) is 1. The zero-order chi connectivity index (χ0) is 34.4. The van der Waals surface area contributed by atoms with Crippen molar-refractivity contribution in [3.8, 4) is 11.3 Å². The lowest BCUT2D eigenvalue weighted by molar-refractivity contribution is -0.128. The number of pyridine rings is 2. The van der Waals surface area contributed by atoms with Crippen LogP contribution in [0.25, 0.3) is 22.3 Å². The Balaban J connectivity index is 1.09. The maximum Gasteiger partial charge on any atom is 0.238 e. The maximum atomic E-state index is 14.8. The Morgan fingerprint density at radius 3 is 2.44 bits per heavy atom. The average Bonchev–Trinajstić information content (AvgIpc) is 3.71. The number of halogens is 1. The van der Waals surface area contributed by atoms with Gasteiger partial charge in [0.1, 0.15) is 5.52 Å². The van der Waals surface area contributed by atoms with Gasteiger partial charge in [-0.2, -0.15) is 0 Å². The van der Waals surface area contributed by atoms with Crippen molar-refractivity contribution in [1.82, 2.24) is 29.3 Å². The number of likely N-dealkylation sites (tertiary alicyclic amines) is 2. The minimum Gasteiger partial charge on any atom is -0.378 e. The van der Waals surface area contributed by atoms with E-state index in [0.717, 1.165) is 98.6 Å². The second kappa shape index (κ2) is 11.8. The van der Waals surface area contributed by atoms with Crippen LogP contribution < -0.4 is 10.2 Å². The van der Waals surface area contributed by atoms with Crippen LogP contribution in [0.3, 0.4) is 0 Å². The molecule has 0 unspecified atom stereocenters. The van der Waals surface area contributed by atoms with Crippen molar-refractivity contribution < 1.29 is 13.9 Å². The molecule has 1 aromatic carbocycles. The van der Waals surface area contributed by atoms with Crippen LogP contribution in [0.1, 0.15) is 71.4 Å². The van der Waals surface area contributed by atoms with Gasteiger partial charge in [0.15, 0.2) is 11.6 Å². The number of nitrogens with one attached hydrogen (secondary N) is 1. The Morgan fingerprint density at radius 1 is 0.980 bits per heavy atom. The number of aromatic nitrogens is 4. The number of benzene rings is 1. The third-order valence-corrected chi connectivity index (χ3v) is 12.3. The summed E-state index contributed by atoms with van der Waals surface area (Å²) < 4.78 is 22.4. The Morgan fingerprint density at radius 2 is 1.76 bits per heavy atom. The number of rotatable bonds is 7. The van der Waals surface area contributed by atoms with E-state index >= 15 is 0 Å². The van der Waals surface area contributed by atoms with Gasteiger partial charge in [0, 0.05) is 42.1 Å². The lowest BCUT2D eigenvalue weighted by Gasteiger charge is -2.47. The number of hydrogen-bond acceptors (Lipinski definition) is 8. The van der Waals surface area contributed by atoms with Crippen LogP contribution in [0.5, 0.6) is 0 Å². The van der Waals surface area contributed by atoms with Gasteiger partial charge in [0.2, 0.25) is 5.91 Å². The molecule has 3 aromatic heterocycles. The summed E-state index contributed by atoms with van der Waals surface area (Å²) in [6, 6.07) is 11.4. The Kier molecular flexibility index (Phi) is 7.56. The van der Waals surface area contributed by atoms with E-state index in [0.29, 0.717) is 29.0 Å². The number of nitrogens with zero attached hydrogens (tertiary/aromatic N) is 7. The largest absolute Gasteiger partial charge is 0.378 e. The molecule has 1 aliphatic carbocycles. The molecule has 9 rings (SSSR count). The van der Waals surface area contributed by atoms with Crippen LogP contribution in [0, 0.1) is 11.2 Å². The van der Waals surface area contributed by atoms with Gasteiger partial charge in [0.05, 0.1) is 54.1 Å². The third-order valence-electron chi connectivity index (χ3n) is 12.3. The number of imidazole rings is 1. The van der Waals surface area contributed by atoms with Crippen LogP contribution in [0.15, 0.2) is 49.1 Å². The molecule has 5 aliphatic rings. The van der Waals surface area contributed by atoms with E-state index in [4.69, 9.17) is 14.7 Å². The van der Waals surface area contributed by atoms with Gasteiger partial charge in [-0.25, -0.2) is 14.4 Å². The fourth-order valence-electron chi connectivity index (χ4n) is 9.13. The van der Waals surface area contributed by atoms with Gasteiger partial charge in [-0.15, -0.1) is 0 Å². The number of fused-ring (bicyclic) bond motifs is 3. The molecule has 0 bridgehead atoms. The van der Waals surface area contributed by atoms with Crippen molar-refractivity contribution in [2.24, 2.45) is 5.41 Å². The molecule has 3 saturated heterocycles. The molecule has 11 heteroatoms. The minimum atomic E-state index is -0.505. The van der Waals surface area contributed by atoms with E-state index in [9.17, 15) is 9.18 Å². The van der Waals surface area contributed by atoms with E-state index in [-0.39, 0.29) is 18.0 Å². The average molecular weight is 679 g/mol. The quantitative estimate of drug-likeness (QED) is 0.244. The van der Waals surface area contributed by atoms with Crippen LogP contribution in [-0.2, 0) is 14.9 Å². The first-order chi connectivity index (χ1) is 24.1. The predicted octanol–water partition coefficient (Wildman–Crippen LogP) is 6.30. The van der Waals surface area contributed by atoms with Crippen molar-refractivity contribution in [2.45, 2.75) is 89.4 Å². The summed E-state index contributed by atoms with van der Waals surface area (Å²) in [5.74, 6) is 0.350. The monoisotopic (exact) mass is 678 g/mol. The van der Waals surface area contributed by atoms with Crippen LogP contribution in [-0.4, -0.2) is 92.7 Å². The van der Waals surface area contributed by atoms with Crippen LogP contribution >= 0.6 is 0 Å². The molecule has 7 heterocycles. The Hall–Kier alpha value is -3.93. The SMILES string of the molecule is CC(C)n1cnc2cc(-c3ccc4c(c3)N([C@H]3C[C@@H](N5CCC(C)(C)C5)C3)C(=O)C43CCN(C4COC4)CC3)nc(Nc3ccncc3F)c21. The normalized spacial score (nSPS) is 25.0. The molecule has 1 spiro atoms. The summed E-state index contributed by atoms with van der Waals surface area (Å²) in [6.07, 6.45) is 9.48. The summed E-state index contributed by atoms with van der Waals surface area (Å²) in [4.78, 5) is 36.0. The van der Waals surface area contributed by atoms with Gasteiger partial charge < -0.3 is 19.5 Å².